The van der Waals surface area contributed by atoms with Gasteiger partial charge in [0.15, 0.2) is 11.5 Å². The van der Waals surface area contributed by atoms with E-state index in [2.05, 4.69) is 0 Å². The third-order valence-corrected chi connectivity index (χ3v) is 5.84. The van der Waals surface area contributed by atoms with E-state index in [0.29, 0.717) is 23.5 Å². The van der Waals surface area contributed by atoms with Crippen LogP contribution in [-0.4, -0.2) is 31.6 Å². The fraction of sp³-hybridized carbons (Fsp3) is 0.208. The van der Waals surface area contributed by atoms with Crippen LogP contribution < -0.4 is 9.47 Å². The lowest BCUT2D eigenvalue weighted by atomic mass is 9.86. The van der Waals surface area contributed by atoms with E-state index in [9.17, 15) is 9.18 Å². The Balaban J connectivity index is 1.93. The molecule has 1 aliphatic heterocycles. The van der Waals surface area contributed by atoms with E-state index in [1.165, 1.54) is 49.5 Å². The second-order valence-corrected chi connectivity index (χ2v) is 7.58. The van der Waals surface area contributed by atoms with E-state index in [-0.39, 0.29) is 22.7 Å². The monoisotopic (exact) mass is 443 g/mol. The van der Waals surface area contributed by atoms with Crippen molar-refractivity contribution < 1.29 is 23.0 Å². The summed E-state index contributed by atoms with van der Waals surface area (Å²) >= 11 is 6.40. The first-order chi connectivity index (χ1) is 15.0. The van der Waals surface area contributed by atoms with Crippen LogP contribution in [0.25, 0.3) is 0 Å². The topological polar surface area (TPSA) is 38.8 Å². The van der Waals surface area contributed by atoms with Crippen LogP contribution in [0.3, 0.4) is 0 Å². The summed E-state index contributed by atoms with van der Waals surface area (Å²) in [5, 5.41) is 0.180. The first-order valence-corrected chi connectivity index (χ1v) is 10.1. The van der Waals surface area contributed by atoms with Crippen molar-refractivity contribution in [2.45, 2.75) is 12.5 Å². The maximum absolute atomic E-state index is 15.0. The molecule has 0 aromatic heterocycles. The molecule has 4 rings (SSSR count). The number of hydrogen-bond donors (Lipinski definition) is 0. The second kappa shape index (κ2) is 8.55. The van der Waals surface area contributed by atoms with Gasteiger partial charge in [-0.3, -0.25) is 4.79 Å². The Morgan fingerprint density at radius 3 is 2.35 bits per heavy atom. The number of fused-ring (bicyclic) bond motifs is 1. The van der Waals surface area contributed by atoms with Gasteiger partial charge < -0.3 is 14.4 Å². The van der Waals surface area contributed by atoms with Crippen LogP contribution in [0, 0.1) is 11.6 Å². The molecule has 0 saturated carbocycles. The summed E-state index contributed by atoms with van der Waals surface area (Å²) in [6.07, 6.45) is 0.485. The standard InChI is InChI=1S/C24H20ClF2NO3/c1-30-20-12-14-10-11-28(24(29)15-6-3-4-8-18(15)26)23(16(14)13-21(20)31-2)22-17(25)7-5-9-19(22)27/h3-9,12-13,23H,10-11H2,1-2H3/t23-/m0/s1. The molecule has 0 aliphatic carbocycles. The minimum Gasteiger partial charge on any atom is -0.493 e. The molecular formula is C24H20ClF2NO3. The van der Waals surface area contributed by atoms with Crippen LogP contribution in [0.5, 0.6) is 11.5 Å². The molecule has 4 nitrogen and oxygen atoms in total. The average Bonchev–Trinajstić information content (AvgIpc) is 2.77. The number of rotatable bonds is 4. The molecule has 0 bridgehead atoms. The van der Waals surface area contributed by atoms with Crippen LogP contribution in [0.1, 0.15) is 33.1 Å². The van der Waals surface area contributed by atoms with Crippen LogP contribution in [0.2, 0.25) is 5.02 Å². The van der Waals surface area contributed by atoms with Crippen molar-refractivity contribution in [1.82, 2.24) is 4.90 Å². The molecule has 0 radical (unpaired) electrons. The minimum absolute atomic E-state index is 0.0797. The Hall–Kier alpha value is -3.12. The summed E-state index contributed by atoms with van der Waals surface area (Å²) in [7, 11) is 3.03. The zero-order chi connectivity index (χ0) is 22.1. The summed E-state index contributed by atoms with van der Waals surface area (Å²) in [5.41, 5.74) is 1.60. The highest BCUT2D eigenvalue weighted by atomic mass is 35.5. The number of halogens is 3. The highest BCUT2D eigenvalue weighted by Crippen LogP contribution is 2.44. The van der Waals surface area contributed by atoms with Gasteiger partial charge in [0.05, 0.1) is 25.8 Å². The predicted octanol–water partition coefficient (Wildman–Crippen LogP) is 5.42. The van der Waals surface area contributed by atoms with Gasteiger partial charge >= 0.3 is 0 Å². The van der Waals surface area contributed by atoms with Gasteiger partial charge in [0.1, 0.15) is 11.6 Å². The lowest BCUT2D eigenvalue weighted by Crippen LogP contribution is -2.41. The van der Waals surface area contributed by atoms with E-state index in [1.807, 2.05) is 6.07 Å². The first-order valence-electron chi connectivity index (χ1n) is 9.70. The van der Waals surface area contributed by atoms with E-state index < -0.39 is 23.6 Å². The molecule has 3 aromatic carbocycles. The predicted molar refractivity (Wildman–Crippen MR) is 114 cm³/mol. The van der Waals surface area contributed by atoms with Crippen molar-refractivity contribution in [3.63, 3.8) is 0 Å². The van der Waals surface area contributed by atoms with Gasteiger partial charge in [-0.1, -0.05) is 29.8 Å². The molecule has 3 aromatic rings. The van der Waals surface area contributed by atoms with E-state index in [4.69, 9.17) is 21.1 Å². The number of hydrogen-bond acceptors (Lipinski definition) is 3. The van der Waals surface area contributed by atoms with Crippen LogP contribution in [0.15, 0.2) is 54.6 Å². The Morgan fingerprint density at radius 1 is 1.00 bits per heavy atom. The van der Waals surface area contributed by atoms with E-state index in [1.54, 1.807) is 18.2 Å². The highest BCUT2D eigenvalue weighted by molar-refractivity contribution is 6.31. The third kappa shape index (κ3) is 3.72. The maximum atomic E-state index is 15.0. The lowest BCUT2D eigenvalue weighted by Gasteiger charge is -2.38. The van der Waals surface area contributed by atoms with Crippen LogP contribution in [0.4, 0.5) is 8.78 Å². The summed E-state index contributed by atoms with van der Waals surface area (Å²) in [6, 6.07) is 12.8. The van der Waals surface area contributed by atoms with Crippen molar-refractivity contribution in [3.8, 4) is 11.5 Å². The molecule has 0 saturated heterocycles. The largest absolute Gasteiger partial charge is 0.493 e. The zero-order valence-electron chi connectivity index (χ0n) is 17.0. The van der Waals surface area contributed by atoms with Gasteiger partial charge in [0.25, 0.3) is 5.91 Å². The fourth-order valence-electron chi connectivity index (χ4n) is 4.04. The Kier molecular flexibility index (Phi) is 5.83. The highest BCUT2D eigenvalue weighted by Gasteiger charge is 2.37. The quantitative estimate of drug-likeness (QED) is 0.540. The smallest absolute Gasteiger partial charge is 0.257 e. The average molecular weight is 444 g/mol. The van der Waals surface area contributed by atoms with Crippen molar-refractivity contribution in [1.29, 1.82) is 0 Å². The number of carbonyl (C=O) groups excluding carboxylic acids is 1. The van der Waals surface area contributed by atoms with Crippen LogP contribution in [-0.2, 0) is 6.42 Å². The summed E-state index contributed by atoms with van der Waals surface area (Å²) in [5.74, 6) is -0.745. The minimum atomic E-state index is -0.857. The number of carbonyl (C=O) groups is 1. The Morgan fingerprint density at radius 2 is 1.68 bits per heavy atom. The lowest BCUT2D eigenvalue weighted by molar-refractivity contribution is 0.0687. The SMILES string of the molecule is COc1cc2c(cc1OC)[C@@H](c1c(F)cccc1Cl)N(C(=O)c1ccccc1F)CC2. The maximum Gasteiger partial charge on any atom is 0.257 e. The van der Waals surface area contributed by atoms with Gasteiger partial charge in [0.2, 0.25) is 0 Å². The van der Waals surface area contributed by atoms with Gasteiger partial charge in [0, 0.05) is 17.1 Å². The molecule has 7 heteroatoms. The number of benzene rings is 3. The molecule has 1 atom stereocenters. The Bertz CT molecular complexity index is 1130. The third-order valence-electron chi connectivity index (χ3n) is 5.51. The number of nitrogens with zero attached hydrogens (tertiary/aromatic N) is 1. The molecule has 31 heavy (non-hydrogen) atoms. The van der Waals surface area contributed by atoms with Crippen molar-refractivity contribution in [3.05, 3.63) is 93.5 Å². The molecule has 1 amide bonds. The molecule has 160 valence electrons. The summed E-state index contributed by atoms with van der Waals surface area (Å²) < 4.78 is 40.3. The van der Waals surface area contributed by atoms with Crippen molar-refractivity contribution in [2.75, 3.05) is 20.8 Å². The number of methoxy groups -OCH3 is 2. The van der Waals surface area contributed by atoms with Crippen LogP contribution >= 0.6 is 11.6 Å². The van der Waals surface area contributed by atoms with E-state index >= 15 is 4.39 Å². The van der Waals surface area contributed by atoms with Crippen molar-refractivity contribution >= 4 is 17.5 Å². The molecule has 0 fully saturated rings. The first kappa shape index (κ1) is 21.1. The van der Waals surface area contributed by atoms with E-state index in [0.717, 1.165) is 5.56 Å². The summed E-state index contributed by atoms with van der Waals surface area (Å²) in [4.78, 5) is 14.8. The second-order valence-electron chi connectivity index (χ2n) is 7.17. The zero-order valence-corrected chi connectivity index (χ0v) is 17.7. The van der Waals surface area contributed by atoms with Gasteiger partial charge in [-0.25, -0.2) is 8.78 Å². The normalized spacial score (nSPS) is 15.4. The number of amides is 1. The molecule has 1 aliphatic rings. The number of ether oxygens (including phenoxy) is 2. The fourth-order valence-corrected chi connectivity index (χ4v) is 4.30. The molecular weight excluding hydrogens is 424 g/mol. The van der Waals surface area contributed by atoms with Gasteiger partial charge in [-0.05, 0) is 53.9 Å². The Labute approximate surface area is 184 Å². The summed E-state index contributed by atoms with van der Waals surface area (Å²) in [6.45, 7) is 0.255. The molecule has 0 unspecified atom stereocenters. The van der Waals surface area contributed by atoms with Gasteiger partial charge in [-0.15, -0.1) is 0 Å². The van der Waals surface area contributed by atoms with Crippen molar-refractivity contribution in [2.24, 2.45) is 0 Å². The van der Waals surface area contributed by atoms with Gasteiger partial charge in [-0.2, -0.15) is 0 Å². The molecule has 0 N–H and O–H groups in total. The molecule has 0 spiro atoms. The molecule has 1 heterocycles.